The normalized spacial score (nSPS) is 28.7. The summed E-state index contributed by atoms with van der Waals surface area (Å²) in [5.41, 5.74) is 0.719. The molecular weight excluding hydrogens is 327 g/mol. The molecule has 2 heterocycles. The van der Waals surface area contributed by atoms with Crippen LogP contribution < -0.4 is 4.90 Å². The Morgan fingerprint density at radius 2 is 2.00 bits per heavy atom. The van der Waals surface area contributed by atoms with Crippen molar-refractivity contribution in [2.24, 2.45) is 0 Å². The van der Waals surface area contributed by atoms with Gasteiger partial charge in [-0.15, -0.1) is 0 Å². The Hall–Kier alpha value is -0.430. The summed E-state index contributed by atoms with van der Waals surface area (Å²) in [6.07, 6.45) is 0. The van der Waals surface area contributed by atoms with Gasteiger partial charge in [-0.1, -0.05) is 35.0 Å². The number of benzene rings is 1. The second kappa shape index (κ2) is 4.55. The molecule has 2 atom stereocenters. The molecule has 0 unspecified atom stereocenters. The summed E-state index contributed by atoms with van der Waals surface area (Å²) in [5.74, 6) is 0.232. The maximum Gasteiger partial charge on any atom is 0.161 e. The largest absolute Gasteiger partial charge is 0.316 e. The predicted octanol–water partition coefficient (Wildman–Crippen LogP) is 2.65. The van der Waals surface area contributed by atoms with Crippen LogP contribution >= 0.6 is 35.0 Å². The van der Waals surface area contributed by atoms with Crippen molar-refractivity contribution in [3.8, 4) is 0 Å². The third-order valence-electron chi connectivity index (χ3n) is 3.27. The Morgan fingerprint density at radius 1 is 1.26 bits per heavy atom. The fraction of sp³-hybridized carbons (Fsp3) is 0.364. The van der Waals surface area contributed by atoms with Gasteiger partial charge < -0.3 is 4.90 Å². The summed E-state index contributed by atoms with van der Waals surface area (Å²) < 4.78 is 23.4. The molecular formula is C11H10Cl2N2O2S2. The lowest BCUT2D eigenvalue weighted by molar-refractivity contribution is 0.601. The third-order valence-corrected chi connectivity index (χ3v) is 7.14. The van der Waals surface area contributed by atoms with E-state index in [1.165, 1.54) is 11.8 Å². The number of thioether (sulfide) groups is 1. The zero-order chi connectivity index (χ0) is 13.8. The first-order valence-corrected chi connectivity index (χ1v) is 9.03. The van der Waals surface area contributed by atoms with Gasteiger partial charge in [-0.3, -0.25) is 5.41 Å². The number of nitrogens with one attached hydrogen (secondary N) is 1. The molecule has 3 rings (SSSR count). The summed E-state index contributed by atoms with van der Waals surface area (Å²) in [6.45, 7) is 0. The summed E-state index contributed by atoms with van der Waals surface area (Å²) in [6, 6.07) is 4.91. The summed E-state index contributed by atoms with van der Waals surface area (Å²) in [7, 11) is -3.01. The van der Waals surface area contributed by atoms with Gasteiger partial charge in [-0.05, 0) is 18.2 Å². The van der Waals surface area contributed by atoms with Gasteiger partial charge >= 0.3 is 0 Å². The van der Waals surface area contributed by atoms with E-state index < -0.39 is 9.84 Å². The van der Waals surface area contributed by atoms with E-state index in [1.54, 1.807) is 23.1 Å². The number of rotatable bonds is 1. The van der Waals surface area contributed by atoms with E-state index in [0.29, 0.717) is 15.2 Å². The molecule has 2 saturated heterocycles. The van der Waals surface area contributed by atoms with Crippen molar-refractivity contribution >= 4 is 55.7 Å². The maximum absolute atomic E-state index is 11.7. The Labute approximate surface area is 125 Å². The van der Waals surface area contributed by atoms with E-state index >= 15 is 0 Å². The van der Waals surface area contributed by atoms with Crippen molar-refractivity contribution in [2.75, 3.05) is 16.4 Å². The molecule has 1 N–H and O–H groups in total. The molecule has 4 nitrogen and oxygen atoms in total. The van der Waals surface area contributed by atoms with Crippen LogP contribution in [-0.4, -0.2) is 36.4 Å². The van der Waals surface area contributed by atoms with Gasteiger partial charge in [0, 0.05) is 10.9 Å². The molecule has 0 aliphatic carbocycles. The van der Waals surface area contributed by atoms with E-state index in [1.807, 2.05) is 0 Å². The van der Waals surface area contributed by atoms with E-state index in [2.05, 4.69) is 0 Å². The highest BCUT2D eigenvalue weighted by molar-refractivity contribution is 8.15. The van der Waals surface area contributed by atoms with Crippen molar-refractivity contribution in [3.05, 3.63) is 28.2 Å². The van der Waals surface area contributed by atoms with Gasteiger partial charge in [0.05, 0.1) is 27.6 Å². The van der Waals surface area contributed by atoms with Crippen LogP contribution in [-0.2, 0) is 9.84 Å². The average Bonchev–Trinajstić information content (AvgIpc) is 2.73. The fourth-order valence-electron chi connectivity index (χ4n) is 2.44. The Balaban J connectivity index is 1.99. The van der Waals surface area contributed by atoms with E-state index in [0.717, 1.165) is 5.69 Å². The van der Waals surface area contributed by atoms with Gasteiger partial charge in [0.1, 0.15) is 0 Å². The SMILES string of the molecule is N=C1S[C@@H]2CS(=O)(=O)C[C@H]2N1c1ccc(Cl)c(Cl)c1. The predicted molar refractivity (Wildman–Crippen MR) is 80.5 cm³/mol. The maximum atomic E-state index is 11.7. The molecule has 1 aromatic rings. The number of hydrogen-bond acceptors (Lipinski definition) is 4. The lowest BCUT2D eigenvalue weighted by Gasteiger charge is -2.24. The number of nitrogens with zero attached hydrogens (tertiary/aromatic N) is 1. The minimum Gasteiger partial charge on any atom is -0.316 e. The highest BCUT2D eigenvalue weighted by atomic mass is 35.5. The highest BCUT2D eigenvalue weighted by Gasteiger charge is 2.48. The van der Waals surface area contributed by atoms with Crippen molar-refractivity contribution in [3.63, 3.8) is 0 Å². The minimum absolute atomic E-state index is 0.0630. The molecule has 102 valence electrons. The second-order valence-corrected chi connectivity index (χ2v) is 8.77. The monoisotopic (exact) mass is 336 g/mol. The minimum atomic E-state index is -3.01. The lowest BCUT2D eigenvalue weighted by atomic mass is 10.2. The zero-order valence-corrected chi connectivity index (χ0v) is 12.8. The molecule has 0 saturated carbocycles. The number of anilines is 1. The third kappa shape index (κ3) is 2.35. The Morgan fingerprint density at radius 3 is 2.68 bits per heavy atom. The van der Waals surface area contributed by atoms with Gasteiger partial charge in [0.2, 0.25) is 0 Å². The lowest BCUT2D eigenvalue weighted by Crippen LogP contribution is -2.37. The molecule has 0 bridgehead atoms. The molecule has 1 aromatic carbocycles. The molecule has 0 amide bonds. The number of amidine groups is 1. The van der Waals surface area contributed by atoms with Gasteiger partial charge in [0.15, 0.2) is 15.0 Å². The topological polar surface area (TPSA) is 61.2 Å². The number of halogens is 2. The quantitative estimate of drug-likeness (QED) is 0.856. The fourth-order valence-corrected chi connectivity index (χ4v) is 6.53. The molecule has 19 heavy (non-hydrogen) atoms. The number of fused-ring (bicyclic) bond motifs is 1. The summed E-state index contributed by atoms with van der Waals surface area (Å²) >= 11 is 13.2. The zero-order valence-electron chi connectivity index (χ0n) is 9.64. The Kier molecular flexibility index (Phi) is 3.24. The number of sulfone groups is 1. The van der Waals surface area contributed by atoms with E-state index in [9.17, 15) is 8.42 Å². The smallest absolute Gasteiger partial charge is 0.161 e. The summed E-state index contributed by atoms with van der Waals surface area (Å²) in [5, 5.41) is 9.16. The van der Waals surface area contributed by atoms with Crippen LogP contribution in [0.25, 0.3) is 0 Å². The van der Waals surface area contributed by atoms with Crippen LogP contribution in [0.4, 0.5) is 5.69 Å². The van der Waals surface area contributed by atoms with Gasteiger partial charge in [-0.2, -0.15) is 0 Å². The van der Waals surface area contributed by atoms with Crippen LogP contribution in [0.3, 0.4) is 0 Å². The Bertz CT molecular complexity index is 663. The molecule has 2 aliphatic heterocycles. The standard InChI is InChI=1S/C11H10Cl2N2O2S2/c12-7-2-1-6(3-8(7)13)15-9-4-19(16,17)5-10(9)18-11(15)14/h1-3,9-10,14H,4-5H2/t9-,10-/m1/s1. The molecule has 2 fully saturated rings. The van der Waals surface area contributed by atoms with Gasteiger partial charge in [-0.25, -0.2) is 8.42 Å². The summed E-state index contributed by atoms with van der Waals surface area (Å²) in [4.78, 5) is 1.74. The first-order chi connectivity index (χ1) is 8.87. The molecule has 2 aliphatic rings. The van der Waals surface area contributed by atoms with Crippen LogP contribution in [0.5, 0.6) is 0 Å². The molecule has 0 aromatic heterocycles. The first-order valence-electron chi connectivity index (χ1n) is 5.57. The van der Waals surface area contributed by atoms with Crippen LogP contribution in [0.2, 0.25) is 10.0 Å². The van der Waals surface area contributed by atoms with Crippen molar-refractivity contribution < 1.29 is 8.42 Å². The van der Waals surface area contributed by atoms with E-state index in [4.69, 9.17) is 28.6 Å². The van der Waals surface area contributed by atoms with Crippen LogP contribution in [0, 0.1) is 5.41 Å². The van der Waals surface area contributed by atoms with Crippen LogP contribution in [0.15, 0.2) is 18.2 Å². The number of hydrogen-bond donors (Lipinski definition) is 1. The van der Waals surface area contributed by atoms with Crippen molar-refractivity contribution in [1.82, 2.24) is 0 Å². The highest BCUT2D eigenvalue weighted by Crippen LogP contribution is 2.41. The first kappa shape index (κ1) is 13.5. The van der Waals surface area contributed by atoms with Crippen LogP contribution in [0.1, 0.15) is 0 Å². The van der Waals surface area contributed by atoms with E-state index in [-0.39, 0.29) is 22.8 Å². The van der Waals surface area contributed by atoms with Crippen molar-refractivity contribution in [1.29, 1.82) is 5.41 Å². The molecule has 0 radical (unpaired) electrons. The molecule has 0 spiro atoms. The molecule has 8 heteroatoms. The average molecular weight is 337 g/mol. The van der Waals surface area contributed by atoms with Crippen molar-refractivity contribution in [2.45, 2.75) is 11.3 Å². The van der Waals surface area contributed by atoms with Gasteiger partial charge in [0.25, 0.3) is 0 Å². The second-order valence-electron chi connectivity index (χ2n) is 4.57.